The van der Waals surface area contributed by atoms with Crippen molar-refractivity contribution in [3.8, 4) is 0 Å². The largest absolute Gasteiger partial charge is 0.478 e. The lowest BCUT2D eigenvalue weighted by Gasteiger charge is -2.06. The predicted molar refractivity (Wildman–Crippen MR) is 74.4 cm³/mol. The summed E-state index contributed by atoms with van der Waals surface area (Å²) in [4.78, 5) is 34.6. The number of urea groups is 1. The highest BCUT2D eigenvalue weighted by Gasteiger charge is 2.20. The number of aromatic carboxylic acids is 1. The van der Waals surface area contributed by atoms with Gasteiger partial charge in [0.25, 0.3) is 0 Å². The molecule has 0 unspecified atom stereocenters. The van der Waals surface area contributed by atoms with Crippen LogP contribution in [0.1, 0.15) is 27.7 Å². The minimum absolute atomic E-state index is 0.0683. The standard InChI is InChI=1S/C12H16N2O5S/c1-4-19-8(15)5-13-12(18)14-10-9(11(16)17)6(2)7(3)20-10/h4-5H2,1-3H3,(H,16,17)(H2,13,14,18). The summed E-state index contributed by atoms with van der Waals surface area (Å²) in [6.07, 6.45) is 0. The first-order valence-electron chi connectivity index (χ1n) is 5.90. The molecule has 0 spiro atoms. The van der Waals surface area contributed by atoms with Gasteiger partial charge in [-0.05, 0) is 26.3 Å². The lowest BCUT2D eigenvalue weighted by atomic mass is 10.1. The van der Waals surface area contributed by atoms with E-state index in [0.717, 1.165) is 4.88 Å². The maximum absolute atomic E-state index is 11.6. The number of hydrogen-bond acceptors (Lipinski definition) is 5. The van der Waals surface area contributed by atoms with E-state index < -0.39 is 18.0 Å². The van der Waals surface area contributed by atoms with Crippen LogP contribution in [0.3, 0.4) is 0 Å². The van der Waals surface area contributed by atoms with Crippen molar-refractivity contribution >= 4 is 34.3 Å². The highest BCUT2D eigenvalue weighted by molar-refractivity contribution is 7.16. The Hall–Kier alpha value is -2.09. The van der Waals surface area contributed by atoms with Crippen LogP contribution in [0, 0.1) is 13.8 Å². The van der Waals surface area contributed by atoms with Gasteiger partial charge in [0.05, 0.1) is 12.2 Å². The van der Waals surface area contributed by atoms with Crippen LogP contribution in [0.2, 0.25) is 0 Å². The van der Waals surface area contributed by atoms with Crippen LogP contribution in [0.5, 0.6) is 0 Å². The summed E-state index contributed by atoms with van der Waals surface area (Å²) in [5.74, 6) is -1.66. The predicted octanol–water partition coefficient (Wildman–Crippen LogP) is 1.75. The fourth-order valence-corrected chi connectivity index (χ4v) is 2.53. The summed E-state index contributed by atoms with van der Waals surface area (Å²) in [5, 5.41) is 14.1. The number of ether oxygens (including phenoxy) is 1. The number of carbonyl (C=O) groups excluding carboxylic acids is 2. The van der Waals surface area contributed by atoms with E-state index >= 15 is 0 Å². The van der Waals surface area contributed by atoms with Crippen molar-refractivity contribution in [3.63, 3.8) is 0 Å². The molecule has 8 heteroatoms. The Kier molecular flexibility index (Phi) is 5.51. The molecule has 3 N–H and O–H groups in total. The number of carboxylic acids is 1. The molecule has 7 nitrogen and oxygen atoms in total. The van der Waals surface area contributed by atoms with Crippen molar-refractivity contribution in [1.82, 2.24) is 5.32 Å². The molecule has 0 aromatic carbocycles. The monoisotopic (exact) mass is 300 g/mol. The second-order valence-corrected chi connectivity index (χ2v) is 5.13. The summed E-state index contributed by atoms with van der Waals surface area (Å²) in [6.45, 7) is 5.07. The number of esters is 1. The molecule has 0 radical (unpaired) electrons. The molecule has 1 heterocycles. The van der Waals surface area contributed by atoms with E-state index in [9.17, 15) is 14.4 Å². The van der Waals surface area contributed by atoms with Gasteiger partial charge in [0.15, 0.2) is 0 Å². The lowest BCUT2D eigenvalue weighted by molar-refractivity contribution is -0.141. The van der Waals surface area contributed by atoms with Crippen molar-refractivity contribution in [3.05, 3.63) is 16.0 Å². The van der Waals surface area contributed by atoms with E-state index in [1.807, 2.05) is 0 Å². The molecule has 1 rings (SSSR count). The molecule has 0 bridgehead atoms. The molecule has 1 aromatic rings. The average molecular weight is 300 g/mol. The van der Waals surface area contributed by atoms with Gasteiger partial charge >= 0.3 is 18.0 Å². The van der Waals surface area contributed by atoms with E-state index in [1.54, 1.807) is 20.8 Å². The summed E-state index contributed by atoms with van der Waals surface area (Å²) >= 11 is 1.17. The molecule has 0 aliphatic heterocycles. The molecular weight excluding hydrogens is 284 g/mol. The van der Waals surface area contributed by atoms with Crippen molar-refractivity contribution < 1.29 is 24.2 Å². The van der Waals surface area contributed by atoms with Gasteiger partial charge in [0, 0.05) is 4.88 Å². The van der Waals surface area contributed by atoms with Gasteiger partial charge in [0.1, 0.15) is 11.5 Å². The number of hydrogen-bond donors (Lipinski definition) is 3. The second kappa shape index (κ2) is 6.90. The van der Waals surface area contributed by atoms with Crippen molar-refractivity contribution in [2.24, 2.45) is 0 Å². The third-order valence-corrected chi connectivity index (χ3v) is 3.65. The van der Waals surface area contributed by atoms with Crippen LogP contribution in [-0.2, 0) is 9.53 Å². The van der Waals surface area contributed by atoms with Gasteiger partial charge in [-0.15, -0.1) is 11.3 Å². The second-order valence-electron chi connectivity index (χ2n) is 3.91. The van der Waals surface area contributed by atoms with E-state index in [0.29, 0.717) is 5.56 Å². The van der Waals surface area contributed by atoms with Crippen LogP contribution >= 0.6 is 11.3 Å². The first-order valence-corrected chi connectivity index (χ1v) is 6.72. The van der Waals surface area contributed by atoms with E-state index in [1.165, 1.54) is 11.3 Å². The first-order chi connectivity index (χ1) is 9.36. The minimum Gasteiger partial charge on any atom is -0.478 e. The fraction of sp³-hybridized carbons (Fsp3) is 0.417. The van der Waals surface area contributed by atoms with Crippen molar-refractivity contribution in [1.29, 1.82) is 0 Å². The molecule has 110 valence electrons. The van der Waals surface area contributed by atoms with Gasteiger partial charge in [-0.25, -0.2) is 9.59 Å². The summed E-state index contributed by atoms with van der Waals surface area (Å²) in [6, 6.07) is -0.651. The van der Waals surface area contributed by atoms with E-state index in [-0.39, 0.29) is 23.7 Å². The normalized spacial score (nSPS) is 9.95. The van der Waals surface area contributed by atoms with Crippen molar-refractivity contribution in [2.75, 3.05) is 18.5 Å². The van der Waals surface area contributed by atoms with Crippen LogP contribution in [0.15, 0.2) is 0 Å². The Morgan fingerprint density at radius 2 is 1.95 bits per heavy atom. The Balaban J connectivity index is 2.69. The van der Waals surface area contributed by atoms with Gasteiger partial charge in [-0.1, -0.05) is 0 Å². The number of nitrogens with one attached hydrogen (secondary N) is 2. The Morgan fingerprint density at radius 1 is 1.30 bits per heavy atom. The number of carbonyl (C=O) groups is 3. The first kappa shape index (κ1) is 16.0. The summed E-state index contributed by atoms with van der Waals surface area (Å²) in [5.41, 5.74) is 0.682. The Morgan fingerprint density at radius 3 is 2.50 bits per heavy atom. The Bertz CT molecular complexity index is 538. The average Bonchev–Trinajstić information content (AvgIpc) is 2.62. The number of anilines is 1. The summed E-state index contributed by atoms with van der Waals surface area (Å²) in [7, 11) is 0. The third kappa shape index (κ3) is 3.95. The fourth-order valence-electron chi connectivity index (χ4n) is 1.48. The zero-order valence-corrected chi connectivity index (χ0v) is 12.2. The van der Waals surface area contributed by atoms with Crippen LogP contribution < -0.4 is 10.6 Å². The van der Waals surface area contributed by atoms with Gasteiger partial charge in [-0.2, -0.15) is 0 Å². The number of amides is 2. The zero-order chi connectivity index (χ0) is 15.3. The molecule has 20 heavy (non-hydrogen) atoms. The number of carboxylic acid groups (broad SMARTS) is 1. The molecular formula is C12H16N2O5S. The molecule has 0 atom stereocenters. The molecule has 2 amide bonds. The number of aryl methyl sites for hydroxylation is 1. The topological polar surface area (TPSA) is 105 Å². The Labute approximate surface area is 119 Å². The van der Waals surface area contributed by atoms with Gasteiger partial charge in [-0.3, -0.25) is 10.1 Å². The molecule has 0 fully saturated rings. The molecule has 1 aromatic heterocycles. The smallest absolute Gasteiger partial charge is 0.338 e. The highest BCUT2D eigenvalue weighted by Crippen LogP contribution is 2.32. The number of rotatable bonds is 5. The molecule has 0 saturated heterocycles. The zero-order valence-electron chi connectivity index (χ0n) is 11.4. The van der Waals surface area contributed by atoms with Crippen LogP contribution in [0.25, 0.3) is 0 Å². The summed E-state index contributed by atoms with van der Waals surface area (Å²) < 4.78 is 4.65. The SMILES string of the molecule is CCOC(=O)CNC(=O)Nc1sc(C)c(C)c1C(=O)O. The molecule has 0 aliphatic carbocycles. The van der Waals surface area contributed by atoms with Crippen LogP contribution in [0.4, 0.5) is 9.80 Å². The van der Waals surface area contributed by atoms with Crippen molar-refractivity contribution in [2.45, 2.75) is 20.8 Å². The maximum atomic E-state index is 11.6. The highest BCUT2D eigenvalue weighted by atomic mass is 32.1. The van der Waals surface area contributed by atoms with E-state index in [4.69, 9.17) is 5.11 Å². The maximum Gasteiger partial charge on any atom is 0.338 e. The third-order valence-electron chi connectivity index (χ3n) is 2.52. The molecule has 0 aliphatic rings. The lowest BCUT2D eigenvalue weighted by Crippen LogP contribution is -2.34. The van der Waals surface area contributed by atoms with E-state index in [2.05, 4.69) is 15.4 Å². The minimum atomic E-state index is -1.10. The number of thiophene rings is 1. The van der Waals surface area contributed by atoms with Gasteiger partial charge in [0.2, 0.25) is 0 Å². The molecule has 0 saturated carbocycles. The van der Waals surface area contributed by atoms with Gasteiger partial charge < -0.3 is 15.2 Å². The quantitative estimate of drug-likeness (QED) is 0.718. The van der Waals surface area contributed by atoms with Crippen LogP contribution in [-0.4, -0.2) is 36.2 Å².